The predicted molar refractivity (Wildman–Crippen MR) is 156 cm³/mol. The number of pyridine rings is 1. The Labute approximate surface area is 250 Å². The van der Waals surface area contributed by atoms with Gasteiger partial charge in [0.15, 0.2) is 12.4 Å². The minimum Gasteiger partial charge on any atom is -0.495 e. The minimum atomic E-state index is -4.57. The molecule has 0 radical (unpaired) electrons. The van der Waals surface area contributed by atoms with Gasteiger partial charge < -0.3 is 18.8 Å². The molecule has 2 atom stereocenters. The number of Topliss-reactive ketones (excluding diaryl/α,β-unsaturated/α-hetero) is 1. The van der Waals surface area contributed by atoms with Crippen LogP contribution in [0, 0.1) is 0 Å². The Morgan fingerprint density at radius 1 is 1.12 bits per heavy atom. The van der Waals surface area contributed by atoms with Crippen molar-refractivity contribution in [3.63, 3.8) is 0 Å². The van der Waals surface area contributed by atoms with Crippen molar-refractivity contribution in [2.45, 2.75) is 50.4 Å². The number of halogens is 4. The fraction of sp³-hybridized carbons (Fsp3) is 0.387. The van der Waals surface area contributed by atoms with E-state index in [9.17, 15) is 22.8 Å². The number of methoxy groups -OCH3 is 1. The quantitative estimate of drug-likeness (QED) is 0.207. The molecule has 1 aliphatic heterocycles. The molecule has 1 fully saturated rings. The van der Waals surface area contributed by atoms with Crippen molar-refractivity contribution in [2.24, 2.45) is 7.05 Å². The van der Waals surface area contributed by atoms with Gasteiger partial charge in [-0.05, 0) is 55.2 Å². The number of aryl methyl sites for hydroxylation is 1. The first-order valence-electron chi connectivity index (χ1n) is 13.9. The Balaban J connectivity index is 1.52. The summed E-state index contributed by atoms with van der Waals surface area (Å²) < 4.78 is 58.4. The van der Waals surface area contributed by atoms with Gasteiger partial charge in [-0.1, -0.05) is 17.7 Å². The normalized spacial score (nSPS) is 16.3. The number of carbonyl (C=O) groups excluding carboxylic acids is 1. The Morgan fingerprint density at radius 3 is 2.63 bits per heavy atom. The average Bonchev–Trinajstić information content (AvgIpc) is 3.34. The van der Waals surface area contributed by atoms with Gasteiger partial charge in [0.25, 0.3) is 5.56 Å². The number of hydrogen-bond acceptors (Lipinski definition) is 6. The van der Waals surface area contributed by atoms with Crippen LogP contribution in [0.5, 0.6) is 11.5 Å². The molecule has 0 bridgehead atoms. The van der Waals surface area contributed by atoms with Gasteiger partial charge in [0.05, 0.1) is 31.0 Å². The smallest absolute Gasteiger partial charge is 0.422 e. The lowest BCUT2D eigenvalue weighted by molar-refractivity contribution is -0.153. The van der Waals surface area contributed by atoms with Crippen molar-refractivity contribution in [1.82, 2.24) is 14.3 Å². The topological polar surface area (TPSA) is 84.6 Å². The summed E-state index contributed by atoms with van der Waals surface area (Å²) in [6, 6.07) is 10.1. The molecule has 4 aromatic rings. The second-order valence-electron chi connectivity index (χ2n) is 10.6. The molecule has 0 N–H and O–H groups in total. The SMILES string of the molecule is COc1cn(C(C[C@@H]2CCCCO2)C(=O)Cc2ccc3nn(C)cc3c2)c(=O)cc1-c1cc(Cl)ccc1OCC(F)(F)F. The number of fused-ring (bicyclic) bond motifs is 1. The molecule has 0 amide bonds. The summed E-state index contributed by atoms with van der Waals surface area (Å²) in [6.07, 6.45) is 1.51. The summed E-state index contributed by atoms with van der Waals surface area (Å²) >= 11 is 6.17. The molecule has 2 aromatic heterocycles. The van der Waals surface area contributed by atoms with Crippen molar-refractivity contribution in [3.05, 3.63) is 75.8 Å². The maximum atomic E-state index is 13.9. The molecule has 8 nitrogen and oxygen atoms in total. The zero-order valence-electron chi connectivity index (χ0n) is 23.7. The molecule has 43 heavy (non-hydrogen) atoms. The van der Waals surface area contributed by atoms with Gasteiger partial charge in [-0.15, -0.1) is 0 Å². The van der Waals surface area contributed by atoms with Gasteiger partial charge in [-0.25, -0.2) is 0 Å². The molecule has 0 spiro atoms. The zero-order chi connectivity index (χ0) is 30.7. The lowest BCUT2D eigenvalue weighted by atomic mass is 9.95. The molecule has 0 aliphatic carbocycles. The van der Waals surface area contributed by atoms with Crippen LogP contribution in [0.1, 0.15) is 37.3 Å². The highest BCUT2D eigenvalue weighted by Crippen LogP contribution is 2.38. The number of nitrogens with zero attached hydrogens (tertiary/aromatic N) is 3. The van der Waals surface area contributed by atoms with Crippen LogP contribution in [0.2, 0.25) is 5.02 Å². The van der Waals surface area contributed by atoms with Crippen LogP contribution < -0.4 is 15.0 Å². The molecule has 3 heterocycles. The molecule has 1 aliphatic rings. The van der Waals surface area contributed by atoms with E-state index in [1.165, 1.54) is 42.1 Å². The highest BCUT2D eigenvalue weighted by molar-refractivity contribution is 6.31. The van der Waals surface area contributed by atoms with Crippen LogP contribution >= 0.6 is 11.6 Å². The number of ether oxygens (including phenoxy) is 3. The Hall–Kier alpha value is -3.83. The summed E-state index contributed by atoms with van der Waals surface area (Å²) in [7, 11) is 3.20. The van der Waals surface area contributed by atoms with E-state index < -0.39 is 24.4 Å². The van der Waals surface area contributed by atoms with Crippen molar-refractivity contribution in [1.29, 1.82) is 0 Å². The lowest BCUT2D eigenvalue weighted by Gasteiger charge is -2.28. The second-order valence-corrected chi connectivity index (χ2v) is 11.1. The molecular weight excluding hydrogens is 587 g/mol. The first-order valence-corrected chi connectivity index (χ1v) is 14.2. The highest BCUT2D eigenvalue weighted by Gasteiger charge is 2.31. The van der Waals surface area contributed by atoms with Crippen LogP contribution in [0.3, 0.4) is 0 Å². The number of ketones is 1. The summed E-state index contributed by atoms with van der Waals surface area (Å²) in [6.45, 7) is -0.945. The van der Waals surface area contributed by atoms with Gasteiger partial charge in [-0.2, -0.15) is 18.3 Å². The first-order chi connectivity index (χ1) is 20.5. The fourth-order valence-corrected chi connectivity index (χ4v) is 5.59. The Kier molecular flexibility index (Phi) is 9.12. The number of rotatable bonds is 10. The van der Waals surface area contributed by atoms with Crippen molar-refractivity contribution in [2.75, 3.05) is 20.3 Å². The number of alkyl halides is 3. The van der Waals surface area contributed by atoms with E-state index >= 15 is 0 Å². The van der Waals surface area contributed by atoms with Crippen LogP contribution in [0.15, 0.2) is 59.7 Å². The Bertz CT molecular complexity index is 1680. The van der Waals surface area contributed by atoms with Crippen LogP contribution in [0.25, 0.3) is 22.0 Å². The third-order valence-electron chi connectivity index (χ3n) is 7.42. The van der Waals surface area contributed by atoms with Crippen LogP contribution in [-0.2, 0) is 23.0 Å². The monoisotopic (exact) mass is 617 g/mol. The van der Waals surface area contributed by atoms with Gasteiger partial charge in [0, 0.05) is 60.3 Å². The van der Waals surface area contributed by atoms with E-state index in [2.05, 4.69) is 5.10 Å². The molecule has 12 heteroatoms. The summed E-state index contributed by atoms with van der Waals surface area (Å²) in [5.41, 5.74) is 1.39. The van der Waals surface area contributed by atoms with E-state index in [4.69, 9.17) is 25.8 Å². The van der Waals surface area contributed by atoms with Crippen LogP contribution in [-0.4, -0.2) is 52.7 Å². The molecule has 228 valence electrons. The molecule has 2 aromatic carbocycles. The summed E-state index contributed by atoms with van der Waals surface area (Å²) in [5.74, 6) is -0.143. The van der Waals surface area contributed by atoms with E-state index in [1.807, 2.05) is 31.4 Å². The minimum absolute atomic E-state index is 0.0719. The number of carbonyl (C=O) groups is 1. The predicted octanol–water partition coefficient (Wildman–Crippen LogP) is 6.32. The summed E-state index contributed by atoms with van der Waals surface area (Å²) in [5, 5.41) is 5.50. The molecule has 5 rings (SSSR count). The van der Waals surface area contributed by atoms with E-state index in [0.717, 1.165) is 35.7 Å². The van der Waals surface area contributed by atoms with Crippen molar-refractivity contribution in [3.8, 4) is 22.6 Å². The standard InChI is InChI=1S/C31H31ClF3N3O5/c1-37-16-20-11-19(6-8-25(20)36-37)12-27(39)26(14-22-5-3-4-10-42-22)38-17-29(41-2)24(15-30(38)40)23-13-21(32)7-9-28(23)43-18-31(33,34)35/h6-9,11,13,15-17,22,26H,3-5,10,12,14,18H2,1-2H3/t22-,26?/m0/s1. The van der Waals surface area contributed by atoms with Crippen molar-refractivity contribution >= 4 is 28.3 Å². The molecular formula is C31H31ClF3N3O5. The van der Waals surface area contributed by atoms with Gasteiger partial charge in [0.1, 0.15) is 11.5 Å². The van der Waals surface area contributed by atoms with Gasteiger partial charge in [0.2, 0.25) is 0 Å². The molecule has 0 saturated carbocycles. The summed E-state index contributed by atoms with van der Waals surface area (Å²) in [4.78, 5) is 27.6. The van der Waals surface area contributed by atoms with Crippen molar-refractivity contribution < 1.29 is 32.2 Å². The maximum absolute atomic E-state index is 13.9. The molecule has 1 saturated heterocycles. The number of benzene rings is 2. The highest BCUT2D eigenvalue weighted by atomic mass is 35.5. The number of hydrogen-bond donors (Lipinski definition) is 0. The molecule has 1 unspecified atom stereocenters. The second kappa shape index (κ2) is 12.8. The maximum Gasteiger partial charge on any atom is 0.422 e. The number of aromatic nitrogens is 3. The van der Waals surface area contributed by atoms with E-state index in [-0.39, 0.29) is 52.4 Å². The Morgan fingerprint density at radius 2 is 1.91 bits per heavy atom. The van der Waals surface area contributed by atoms with Gasteiger partial charge >= 0.3 is 6.18 Å². The fourth-order valence-electron chi connectivity index (χ4n) is 5.41. The van der Waals surface area contributed by atoms with Crippen LogP contribution in [0.4, 0.5) is 13.2 Å². The third-order valence-corrected chi connectivity index (χ3v) is 7.65. The average molecular weight is 618 g/mol. The zero-order valence-corrected chi connectivity index (χ0v) is 24.5. The van der Waals surface area contributed by atoms with E-state index in [1.54, 1.807) is 4.68 Å². The first kappa shape index (κ1) is 30.6. The van der Waals surface area contributed by atoms with E-state index in [0.29, 0.717) is 6.61 Å². The largest absolute Gasteiger partial charge is 0.495 e. The third kappa shape index (κ3) is 7.40. The van der Waals surface area contributed by atoms with Gasteiger partial charge in [-0.3, -0.25) is 14.3 Å². The lowest BCUT2D eigenvalue weighted by Crippen LogP contribution is -2.34.